The van der Waals surface area contributed by atoms with Crippen molar-refractivity contribution in [1.29, 1.82) is 0 Å². The monoisotopic (exact) mass is 716 g/mol. The van der Waals surface area contributed by atoms with Crippen LogP contribution >= 0.6 is 11.6 Å². The number of hydrogen-bond acceptors (Lipinski definition) is 8. The van der Waals surface area contributed by atoms with E-state index in [0.29, 0.717) is 58.6 Å². The van der Waals surface area contributed by atoms with Crippen molar-refractivity contribution >= 4 is 40.7 Å². The molecule has 3 N–H and O–H groups in total. The quantitative estimate of drug-likeness (QED) is 0.221. The van der Waals surface area contributed by atoms with E-state index >= 15 is 0 Å². The van der Waals surface area contributed by atoms with Gasteiger partial charge in [0.05, 0.1) is 30.1 Å². The number of aromatic nitrogens is 3. The van der Waals surface area contributed by atoms with Crippen molar-refractivity contribution in [3.05, 3.63) is 87.7 Å². The van der Waals surface area contributed by atoms with E-state index in [4.69, 9.17) is 16.3 Å². The molecule has 6 rings (SSSR count). The molecule has 0 radical (unpaired) electrons. The molecule has 12 nitrogen and oxygen atoms in total. The van der Waals surface area contributed by atoms with Crippen LogP contribution in [0.1, 0.15) is 57.0 Å². The third-order valence-electron chi connectivity index (χ3n) is 9.71. The molecule has 2 aromatic heterocycles. The summed E-state index contributed by atoms with van der Waals surface area (Å²) in [7, 11) is 5.39. The minimum absolute atomic E-state index is 0.0574. The largest absolute Gasteiger partial charge is 0.496 e. The van der Waals surface area contributed by atoms with Crippen LogP contribution in [0.3, 0.4) is 0 Å². The Morgan fingerprint density at radius 2 is 1.76 bits per heavy atom. The average molecular weight is 717 g/mol. The second-order valence-corrected chi connectivity index (χ2v) is 13.4. The summed E-state index contributed by atoms with van der Waals surface area (Å²) in [4.78, 5) is 51.1. The third-order valence-corrected chi connectivity index (χ3v) is 10.1. The molecular weight excluding hydrogens is 675 g/mol. The van der Waals surface area contributed by atoms with Gasteiger partial charge in [0, 0.05) is 87.4 Å². The van der Waals surface area contributed by atoms with Crippen LogP contribution in [-0.4, -0.2) is 88.1 Å². The first-order valence-electron chi connectivity index (χ1n) is 16.8. The van der Waals surface area contributed by atoms with Gasteiger partial charge in [0.1, 0.15) is 17.6 Å². The normalized spacial score (nSPS) is 17.5. The van der Waals surface area contributed by atoms with Crippen LogP contribution in [0.5, 0.6) is 5.75 Å². The predicted octanol–water partition coefficient (Wildman–Crippen LogP) is 4.99. The lowest BCUT2D eigenvalue weighted by Crippen LogP contribution is -2.51. The van der Waals surface area contributed by atoms with E-state index in [1.54, 1.807) is 24.4 Å². The molecule has 2 aliphatic rings. The summed E-state index contributed by atoms with van der Waals surface area (Å²) in [6, 6.07) is 12.1. The zero-order valence-electron chi connectivity index (χ0n) is 29.3. The maximum absolute atomic E-state index is 14.7. The van der Waals surface area contributed by atoms with Gasteiger partial charge in [0.15, 0.2) is 5.82 Å². The third kappa shape index (κ3) is 7.60. The van der Waals surface area contributed by atoms with Crippen molar-refractivity contribution in [2.45, 2.75) is 52.0 Å². The van der Waals surface area contributed by atoms with Gasteiger partial charge < -0.3 is 35.1 Å². The van der Waals surface area contributed by atoms with Crippen LogP contribution in [-0.2, 0) is 31.4 Å². The van der Waals surface area contributed by atoms with Crippen molar-refractivity contribution in [3.8, 4) is 16.9 Å². The SMILES string of the molecule is COc1cc(C(=O)Nc2cccc(-c3cccc(NC(=O)c4nc5c(n4C)CCN(C)C5)c3Cl)c2C)ncc1CN[C@@H]1CCN(C(C)=O)C[C@@H]1F. The number of halogens is 2. The van der Waals surface area contributed by atoms with Gasteiger partial charge in [-0.2, -0.15) is 0 Å². The number of nitrogens with zero attached hydrogens (tertiary/aromatic N) is 5. The number of methoxy groups -OCH3 is 1. The van der Waals surface area contributed by atoms with Crippen molar-refractivity contribution in [2.75, 3.05) is 44.4 Å². The van der Waals surface area contributed by atoms with Crippen LogP contribution in [0, 0.1) is 6.92 Å². The molecule has 2 aliphatic heterocycles. The zero-order valence-corrected chi connectivity index (χ0v) is 30.1. The lowest BCUT2D eigenvalue weighted by atomic mass is 9.98. The number of imidazole rings is 1. The van der Waals surface area contributed by atoms with Gasteiger partial charge in [-0.05, 0) is 43.7 Å². The van der Waals surface area contributed by atoms with Gasteiger partial charge >= 0.3 is 0 Å². The molecule has 268 valence electrons. The number of alkyl halides is 1. The van der Waals surface area contributed by atoms with Crippen LogP contribution in [0.25, 0.3) is 11.1 Å². The highest BCUT2D eigenvalue weighted by Gasteiger charge is 2.30. The molecule has 0 bridgehead atoms. The fourth-order valence-electron chi connectivity index (χ4n) is 6.70. The summed E-state index contributed by atoms with van der Waals surface area (Å²) in [5, 5.41) is 9.46. The second kappa shape index (κ2) is 15.2. The van der Waals surface area contributed by atoms with Gasteiger partial charge in [-0.1, -0.05) is 35.9 Å². The molecule has 0 aliphatic carbocycles. The van der Waals surface area contributed by atoms with Gasteiger partial charge in [-0.15, -0.1) is 0 Å². The number of rotatable bonds is 9. The summed E-state index contributed by atoms with van der Waals surface area (Å²) in [6.07, 6.45) is 1.66. The minimum atomic E-state index is -1.19. The van der Waals surface area contributed by atoms with Crippen molar-refractivity contribution in [2.24, 2.45) is 7.05 Å². The molecule has 4 heterocycles. The van der Waals surface area contributed by atoms with Crippen LogP contribution < -0.4 is 20.7 Å². The number of likely N-dealkylation sites (N-methyl/N-ethyl adjacent to an activating group) is 1. The first kappa shape index (κ1) is 36.0. The Balaban J connectivity index is 1.15. The lowest BCUT2D eigenvalue weighted by Gasteiger charge is -2.34. The van der Waals surface area contributed by atoms with E-state index in [-0.39, 0.29) is 30.6 Å². The molecule has 51 heavy (non-hydrogen) atoms. The smallest absolute Gasteiger partial charge is 0.291 e. The number of piperidine rings is 1. The molecule has 1 saturated heterocycles. The number of carbonyl (C=O) groups excluding carboxylic acids is 3. The fraction of sp³-hybridized carbons (Fsp3) is 0.378. The van der Waals surface area contributed by atoms with Gasteiger partial charge in [-0.3, -0.25) is 19.4 Å². The number of benzene rings is 2. The highest BCUT2D eigenvalue weighted by atomic mass is 35.5. The molecule has 3 amide bonds. The van der Waals surface area contributed by atoms with Crippen LogP contribution in [0.2, 0.25) is 5.02 Å². The number of pyridine rings is 1. The topological polar surface area (TPSA) is 134 Å². The Bertz CT molecular complexity index is 1980. The number of hydrogen-bond donors (Lipinski definition) is 3. The molecule has 0 saturated carbocycles. The van der Waals surface area contributed by atoms with Crippen molar-refractivity contribution in [3.63, 3.8) is 0 Å². The second-order valence-electron chi connectivity index (χ2n) is 13.1. The van der Waals surface area contributed by atoms with E-state index in [9.17, 15) is 18.8 Å². The molecule has 2 aromatic carbocycles. The average Bonchev–Trinajstić information content (AvgIpc) is 3.44. The summed E-state index contributed by atoms with van der Waals surface area (Å²) >= 11 is 6.91. The highest BCUT2D eigenvalue weighted by Crippen LogP contribution is 2.38. The summed E-state index contributed by atoms with van der Waals surface area (Å²) in [6.45, 7) is 5.75. The minimum Gasteiger partial charge on any atom is -0.496 e. The summed E-state index contributed by atoms with van der Waals surface area (Å²) in [5.74, 6) is -0.160. The molecule has 4 aromatic rings. The summed E-state index contributed by atoms with van der Waals surface area (Å²) in [5.41, 5.74) is 6.01. The van der Waals surface area contributed by atoms with E-state index in [2.05, 4.69) is 30.8 Å². The zero-order chi connectivity index (χ0) is 36.4. The maximum Gasteiger partial charge on any atom is 0.291 e. The van der Waals surface area contributed by atoms with E-state index in [1.165, 1.54) is 18.9 Å². The number of amides is 3. The number of nitrogens with one attached hydrogen (secondary N) is 3. The van der Waals surface area contributed by atoms with E-state index in [1.807, 2.05) is 49.9 Å². The van der Waals surface area contributed by atoms with Gasteiger partial charge in [0.25, 0.3) is 11.8 Å². The Kier molecular flexibility index (Phi) is 10.7. The maximum atomic E-state index is 14.7. The highest BCUT2D eigenvalue weighted by molar-refractivity contribution is 6.36. The Morgan fingerprint density at radius 1 is 1.04 bits per heavy atom. The van der Waals surface area contributed by atoms with Crippen molar-refractivity contribution in [1.82, 2.24) is 29.7 Å². The van der Waals surface area contributed by atoms with Crippen LogP contribution in [0.15, 0.2) is 48.7 Å². The van der Waals surface area contributed by atoms with Gasteiger partial charge in [-0.25, -0.2) is 9.37 Å². The first-order chi connectivity index (χ1) is 24.4. The Morgan fingerprint density at radius 3 is 2.49 bits per heavy atom. The number of ether oxygens (including phenoxy) is 1. The molecule has 14 heteroatoms. The standard InChI is InChI=1S/C37H42ClFN8O4/c1-21-24(25-9-7-11-29(34(25)38)44-37(50)35-42-31-20-45(3)14-13-32(31)46(35)4)8-6-10-27(21)43-36(49)30-16-33(51-5)23(18-41-30)17-40-28-12-15-47(22(2)48)19-26(28)39/h6-11,16,18,26,28,40H,12-15,17,19-20H2,1-5H3,(H,43,49)(H,44,50)/t26-,28+/m0/s1. The molecule has 0 unspecified atom stereocenters. The Labute approximate surface area is 301 Å². The van der Waals surface area contributed by atoms with Crippen molar-refractivity contribution < 1.29 is 23.5 Å². The Hall–Kier alpha value is -4.85. The van der Waals surface area contributed by atoms with Crippen LogP contribution in [0.4, 0.5) is 15.8 Å². The number of fused-ring (bicyclic) bond motifs is 1. The fourth-order valence-corrected chi connectivity index (χ4v) is 6.97. The number of anilines is 2. The first-order valence-corrected chi connectivity index (χ1v) is 17.2. The summed E-state index contributed by atoms with van der Waals surface area (Å²) < 4.78 is 22.1. The lowest BCUT2D eigenvalue weighted by molar-refractivity contribution is -0.131. The van der Waals surface area contributed by atoms with E-state index < -0.39 is 18.1 Å². The molecular formula is C37H42ClFN8O4. The molecule has 1 fully saturated rings. The predicted molar refractivity (Wildman–Crippen MR) is 194 cm³/mol. The number of carbonyl (C=O) groups is 3. The molecule has 2 atom stereocenters. The molecule has 0 spiro atoms. The van der Waals surface area contributed by atoms with Gasteiger partial charge in [0.2, 0.25) is 5.91 Å². The number of likely N-dealkylation sites (tertiary alicyclic amines) is 1. The van der Waals surface area contributed by atoms with E-state index in [0.717, 1.165) is 35.5 Å².